The van der Waals surface area contributed by atoms with Crippen molar-refractivity contribution in [3.63, 3.8) is 0 Å². The highest BCUT2D eigenvalue weighted by molar-refractivity contribution is 6.06. The first kappa shape index (κ1) is 39.9. The lowest BCUT2D eigenvalue weighted by Crippen LogP contribution is -2.49. The molecule has 5 aromatic rings. The number of hydrogen-bond donors (Lipinski definition) is 1. The van der Waals surface area contributed by atoms with Gasteiger partial charge in [-0.3, -0.25) is 29.3 Å². The summed E-state index contributed by atoms with van der Waals surface area (Å²) in [4.78, 5) is 61.9. The predicted octanol–water partition coefficient (Wildman–Crippen LogP) is 6.13. The number of pyridine rings is 1. The molecule has 0 aliphatic carbocycles. The highest BCUT2D eigenvalue weighted by Gasteiger charge is 2.36. The summed E-state index contributed by atoms with van der Waals surface area (Å²) in [6, 6.07) is 10.0. The van der Waals surface area contributed by atoms with Crippen molar-refractivity contribution in [2.45, 2.75) is 71.4 Å². The molecule has 0 spiro atoms. The van der Waals surface area contributed by atoms with E-state index in [0.717, 1.165) is 23.2 Å². The number of fused-ring (bicyclic) bond motifs is 3. The number of benzene rings is 2. The van der Waals surface area contributed by atoms with Crippen LogP contribution in [-0.4, -0.2) is 99.2 Å². The maximum Gasteiger partial charge on any atom is 0.328 e. The van der Waals surface area contributed by atoms with E-state index in [0.29, 0.717) is 109 Å². The molecule has 0 bridgehead atoms. The molecule has 9 rings (SSSR count). The number of hydrogen-bond acceptors (Lipinski definition) is 9. The van der Waals surface area contributed by atoms with Gasteiger partial charge in [0.1, 0.15) is 17.1 Å². The number of methoxy groups -OCH3 is 1. The van der Waals surface area contributed by atoms with Crippen molar-refractivity contribution >= 4 is 46.6 Å². The fourth-order valence-corrected chi connectivity index (χ4v) is 9.25. The SMILES string of the molecule is COc1cn2ccnc2cc1-c1cc2c(cc1C(F)F)N(c1nn(C3CCN(C(=O)COc4cccc(N5CCC(=O)NC5=O)c4C)CC3)c3c1CN(C(C)=O)CC3)CCC2. The molecule has 0 radical (unpaired) electrons. The molecule has 0 saturated carbocycles. The van der Waals surface area contributed by atoms with Crippen molar-refractivity contribution in [1.29, 1.82) is 0 Å². The lowest BCUT2D eigenvalue weighted by Gasteiger charge is -2.34. The number of nitrogens with zero attached hydrogens (tertiary/aromatic N) is 8. The molecule has 4 aliphatic rings. The van der Waals surface area contributed by atoms with Crippen molar-refractivity contribution in [2.75, 3.05) is 56.2 Å². The van der Waals surface area contributed by atoms with Crippen LogP contribution in [0.25, 0.3) is 16.8 Å². The van der Waals surface area contributed by atoms with Gasteiger partial charge in [0.2, 0.25) is 11.8 Å². The van der Waals surface area contributed by atoms with Gasteiger partial charge in [-0.15, -0.1) is 0 Å². The minimum absolute atomic E-state index is 0.0221. The molecular formula is C44H47F2N9O6. The number of aromatic nitrogens is 4. The van der Waals surface area contributed by atoms with Crippen LogP contribution in [0.3, 0.4) is 0 Å². The van der Waals surface area contributed by atoms with E-state index in [-0.39, 0.29) is 48.9 Å². The van der Waals surface area contributed by atoms with E-state index < -0.39 is 12.5 Å². The molecule has 1 N–H and O–H groups in total. The topological polar surface area (TPSA) is 147 Å². The summed E-state index contributed by atoms with van der Waals surface area (Å²) in [6.45, 7) is 5.90. The first-order valence-electron chi connectivity index (χ1n) is 20.7. The molecule has 5 amide bonds. The fraction of sp³-hybridized carbons (Fsp3) is 0.409. The molecule has 318 valence electrons. The number of urea groups is 1. The van der Waals surface area contributed by atoms with Gasteiger partial charge in [-0.1, -0.05) is 6.07 Å². The summed E-state index contributed by atoms with van der Waals surface area (Å²) in [5.74, 6) is 1.09. The normalized spacial score (nSPS) is 17.1. The molecule has 0 atom stereocenters. The van der Waals surface area contributed by atoms with Crippen molar-refractivity contribution in [3.05, 3.63) is 82.9 Å². The van der Waals surface area contributed by atoms with Gasteiger partial charge in [0.05, 0.1) is 31.6 Å². The molecule has 0 unspecified atom stereocenters. The summed E-state index contributed by atoms with van der Waals surface area (Å²) in [6.07, 6.45) is 5.96. The smallest absolute Gasteiger partial charge is 0.328 e. The van der Waals surface area contributed by atoms with E-state index in [1.165, 1.54) is 12.0 Å². The molecular weight excluding hydrogens is 789 g/mol. The van der Waals surface area contributed by atoms with Gasteiger partial charge in [-0.2, -0.15) is 5.10 Å². The van der Waals surface area contributed by atoms with E-state index in [2.05, 4.69) is 15.0 Å². The molecule has 4 aliphatic heterocycles. The highest BCUT2D eigenvalue weighted by atomic mass is 19.3. The van der Waals surface area contributed by atoms with Crippen LogP contribution in [0.2, 0.25) is 0 Å². The van der Waals surface area contributed by atoms with E-state index in [1.54, 1.807) is 70.0 Å². The number of halogens is 2. The summed E-state index contributed by atoms with van der Waals surface area (Å²) in [5.41, 5.74) is 6.28. The maximum absolute atomic E-state index is 15.1. The number of carbonyl (C=O) groups is 4. The number of imide groups is 1. The standard InChI is InChI=1S/C44H47F2N9O6/c1-26-34(54-18-12-40(57)48-44(54)59)7-4-8-37(26)61-25-41(58)50-15-9-29(10-16-50)55-35-11-17-51(27(2)56)23-33(35)43(49-55)53-14-5-6-28-20-30(32(42(45)46)21-36(28)53)31-22-39-47-13-19-52(39)24-38(31)60-3/h4,7-8,13,19-22,24,29,42H,5-6,9-12,14-18,23,25H2,1-3H3,(H,48,57,59). The Labute approximate surface area is 350 Å². The zero-order valence-electron chi connectivity index (χ0n) is 34.3. The molecule has 17 heteroatoms. The average molecular weight is 836 g/mol. The van der Waals surface area contributed by atoms with E-state index in [4.69, 9.17) is 14.6 Å². The molecule has 2 aromatic carbocycles. The number of anilines is 3. The monoisotopic (exact) mass is 835 g/mol. The lowest BCUT2D eigenvalue weighted by atomic mass is 9.91. The Morgan fingerprint density at radius 2 is 1.75 bits per heavy atom. The Morgan fingerprint density at radius 1 is 0.934 bits per heavy atom. The number of imidazole rings is 1. The average Bonchev–Trinajstić information content (AvgIpc) is 3.89. The summed E-state index contributed by atoms with van der Waals surface area (Å²) < 4.78 is 45.8. The second kappa shape index (κ2) is 16.2. The zero-order chi connectivity index (χ0) is 42.5. The quantitative estimate of drug-likeness (QED) is 0.185. The molecule has 2 saturated heterocycles. The molecule has 2 fully saturated rings. The minimum Gasteiger partial charge on any atom is -0.495 e. The van der Waals surface area contributed by atoms with Gasteiger partial charge in [-0.25, -0.2) is 18.6 Å². The third-order valence-corrected chi connectivity index (χ3v) is 12.5. The van der Waals surface area contributed by atoms with Crippen LogP contribution in [0, 0.1) is 6.92 Å². The number of ether oxygens (including phenoxy) is 2. The maximum atomic E-state index is 15.1. The number of alkyl halides is 2. The van der Waals surface area contributed by atoms with Gasteiger partial charge in [0.15, 0.2) is 12.4 Å². The molecule has 15 nitrogen and oxygen atoms in total. The van der Waals surface area contributed by atoms with Gasteiger partial charge in [-0.05, 0) is 74.1 Å². The second-order valence-electron chi connectivity index (χ2n) is 16.0. The number of carbonyl (C=O) groups excluding carboxylic acids is 4. The first-order valence-corrected chi connectivity index (χ1v) is 20.7. The first-order chi connectivity index (χ1) is 29.5. The van der Waals surface area contributed by atoms with Crippen LogP contribution in [0.1, 0.15) is 73.0 Å². The Morgan fingerprint density at radius 3 is 2.51 bits per heavy atom. The molecule has 61 heavy (non-hydrogen) atoms. The zero-order valence-corrected chi connectivity index (χ0v) is 34.3. The number of amides is 5. The Balaban J connectivity index is 0.958. The Kier molecular flexibility index (Phi) is 10.6. The van der Waals surface area contributed by atoms with Gasteiger partial charge >= 0.3 is 6.03 Å². The van der Waals surface area contributed by atoms with Crippen molar-refractivity contribution in [1.82, 2.24) is 34.3 Å². The summed E-state index contributed by atoms with van der Waals surface area (Å²) >= 11 is 0. The largest absolute Gasteiger partial charge is 0.495 e. The fourth-order valence-electron chi connectivity index (χ4n) is 9.25. The molecule has 7 heterocycles. The van der Waals surface area contributed by atoms with Crippen molar-refractivity contribution in [2.24, 2.45) is 0 Å². The van der Waals surface area contributed by atoms with Gasteiger partial charge in [0, 0.05) is 98.5 Å². The van der Waals surface area contributed by atoms with Gasteiger partial charge < -0.3 is 28.6 Å². The van der Waals surface area contributed by atoms with Crippen LogP contribution in [-0.2, 0) is 33.8 Å². The number of nitrogens with one attached hydrogen (secondary N) is 1. The third kappa shape index (κ3) is 7.39. The van der Waals surface area contributed by atoms with Crippen LogP contribution in [0.15, 0.2) is 55.0 Å². The van der Waals surface area contributed by atoms with Crippen LogP contribution >= 0.6 is 0 Å². The van der Waals surface area contributed by atoms with Crippen LogP contribution in [0.5, 0.6) is 11.5 Å². The van der Waals surface area contributed by atoms with Crippen LogP contribution in [0.4, 0.5) is 30.8 Å². The van der Waals surface area contributed by atoms with E-state index in [1.807, 2.05) is 17.9 Å². The lowest BCUT2D eigenvalue weighted by molar-refractivity contribution is -0.134. The third-order valence-electron chi connectivity index (χ3n) is 12.5. The van der Waals surface area contributed by atoms with Crippen LogP contribution < -0.4 is 24.6 Å². The number of piperidine rings is 1. The van der Waals surface area contributed by atoms with Crippen molar-refractivity contribution in [3.8, 4) is 22.6 Å². The van der Waals surface area contributed by atoms with E-state index in [9.17, 15) is 19.2 Å². The summed E-state index contributed by atoms with van der Waals surface area (Å²) in [5, 5.41) is 7.60. The highest BCUT2D eigenvalue weighted by Crippen LogP contribution is 2.45. The summed E-state index contributed by atoms with van der Waals surface area (Å²) in [7, 11) is 1.53. The number of rotatable bonds is 9. The van der Waals surface area contributed by atoms with E-state index >= 15 is 8.78 Å². The van der Waals surface area contributed by atoms with Crippen molar-refractivity contribution < 1.29 is 37.4 Å². The molecule has 3 aromatic heterocycles. The number of likely N-dealkylation sites (tertiary alicyclic amines) is 1. The number of aryl methyl sites for hydroxylation is 1. The minimum atomic E-state index is -2.77. The Hall–Kier alpha value is -6.52. The predicted molar refractivity (Wildman–Crippen MR) is 222 cm³/mol. The van der Waals surface area contributed by atoms with Gasteiger partial charge in [0.25, 0.3) is 12.3 Å². The Bertz CT molecular complexity index is 2560. The second-order valence-corrected chi connectivity index (χ2v) is 16.0.